The molecule has 3 N–H and O–H groups in total. The Balaban J connectivity index is 0.000000323. The van der Waals surface area contributed by atoms with Gasteiger partial charge < -0.3 is 20.5 Å². The highest BCUT2D eigenvalue weighted by Crippen LogP contribution is 2.34. The average molecular weight is 537 g/mol. The third-order valence-electron chi connectivity index (χ3n) is 6.16. The average Bonchev–Trinajstić information content (AvgIpc) is 3.38. The van der Waals surface area contributed by atoms with Gasteiger partial charge in [-0.1, -0.05) is 38.3 Å². The number of hydrogen-bond acceptors (Lipinski definition) is 9. The fourth-order valence-corrected chi connectivity index (χ4v) is 3.90. The first-order chi connectivity index (χ1) is 18.3. The number of ether oxygens (including phenoxy) is 1. The maximum Gasteiger partial charge on any atom is 0.158 e. The molecule has 0 radical (unpaired) electrons. The van der Waals surface area contributed by atoms with Crippen molar-refractivity contribution in [2.75, 3.05) is 10.6 Å². The molecule has 0 amide bonds. The van der Waals surface area contributed by atoms with Crippen LogP contribution in [0.15, 0.2) is 54.2 Å². The van der Waals surface area contributed by atoms with Crippen molar-refractivity contribution in [3.8, 4) is 11.5 Å². The highest BCUT2D eigenvalue weighted by Gasteiger charge is 2.17. The Morgan fingerprint density at radius 1 is 1.16 bits per heavy atom. The number of benzene rings is 1. The second-order valence-corrected chi connectivity index (χ2v) is 9.74. The summed E-state index contributed by atoms with van der Waals surface area (Å²) in [5.41, 5.74) is 2.59. The van der Waals surface area contributed by atoms with Crippen LogP contribution in [0.25, 0.3) is 5.65 Å². The molecule has 10 nitrogen and oxygen atoms in total. The van der Waals surface area contributed by atoms with Crippen LogP contribution in [0.3, 0.4) is 0 Å². The van der Waals surface area contributed by atoms with E-state index in [-0.39, 0.29) is 6.17 Å². The maximum atomic E-state index is 9.45. The summed E-state index contributed by atoms with van der Waals surface area (Å²) in [5, 5.41) is 20.5. The predicted octanol–water partition coefficient (Wildman–Crippen LogP) is 6.24. The Labute approximate surface area is 227 Å². The van der Waals surface area contributed by atoms with Crippen molar-refractivity contribution in [2.45, 2.75) is 65.1 Å². The molecule has 0 fully saturated rings. The summed E-state index contributed by atoms with van der Waals surface area (Å²) < 4.78 is 7.56. The number of anilines is 3. The lowest BCUT2D eigenvalue weighted by atomic mass is 9.97. The van der Waals surface area contributed by atoms with Gasteiger partial charge in [-0.05, 0) is 51.0 Å². The number of unbranched alkanes of at least 4 members (excludes halogenated alkanes) is 1. The van der Waals surface area contributed by atoms with E-state index in [4.69, 9.17) is 16.3 Å². The number of aliphatic hydroxyl groups is 1. The number of hydrogen-bond donors (Lipinski definition) is 3. The molecule has 0 saturated heterocycles. The molecular formula is C27H33ClN8O2. The van der Waals surface area contributed by atoms with Crippen LogP contribution in [-0.2, 0) is 0 Å². The third kappa shape index (κ3) is 6.96. The SMILES string of the molecule is CC1N=Cc2ncnc(Nc3ccc(Oc4ccn5ncnc5c4)c(Cl)c3)c2N1.CCCCC(C)(O)CC. The number of nitrogens with zero attached hydrogens (tertiary/aromatic N) is 6. The second-order valence-electron chi connectivity index (χ2n) is 9.33. The van der Waals surface area contributed by atoms with Crippen LogP contribution in [0.2, 0.25) is 5.02 Å². The van der Waals surface area contributed by atoms with E-state index in [1.54, 1.807) is 41.2 Å². The van der Waals surface area contributed by atoms with Crippen molar-refractivity contribution in [2.24, 2.45) is 4.99 Å². The fourth-order valence-electron chi connectivity index (χ4n) is 3.68. The molecule has 2 unspecified atom stereocenters. The molecule has 38 heavy (non-hydrogen) atoms. The van der Waals surface area contributed by atoms with Gasteiger partial charge in [-0.15, -0.1) is 0 Å². The molecule has 1 aliphatic heterocycles. The molecule has 5 rings (SSSR count). The zero-order valence-corrected chi connectivity index (χ0v) is 22.8. The quantitative estimate of drug-likeness (QED) is 0.242. The molecule has 0 spiro atoms. The van der Waals surface area contributed by atoms with Gasteiger partial charge in [0.05, 0.1) is 16.8 Å². The zero-order chi connectivity index (χ0) is 27.1. The Morgan fingerprint density at radius 2 is 2.00 bits per heavy atom. The van der Waals surface area contributed by atoms with Gasteiger partial charge in [0, 0.05) is 18.0 Å². The van der Waals surface area contributed by atoms with Gasteiger partial charge in [0.25, 0.3) is 0 Å². The van der Waals surface area contributed by atoms with Crippen molar-refractivity contribution >= 4 is 40.7 Å². The fraction of sp³-hybridized carbons (Fsp3) is 0.370. The molecular weight excluding hydrogens is 504 g/mol. The van der Waals surface area contributed by atoms with Crippen LogP contribution >= 0.6 is 11.6 Å². The van der Waals surface area contributed by atoms with Crippen molar-refractivity contribution in [3.05, 3.63) is 59.9 Å². The Hall–Kier alpha value is -3.76. The van der Waals surface area contributed by atoms with E-state index in [9.17, 15) is 5.11 Å². The van der Waals surface area contributed by atoms with Gasteiger partial charge in [0.1, 0.15) is 41.7 Å². The summed E-state index contributed by atoms with van der Waals surface area (Å²) in [6.45, 7) is 8.03. The molecule has 1 aromatic carbocycles. The molecule has 0 bridgehead atoms. The molecule has 200 valence electrons. The Kier molecular flexibility index (Phi) is 8.75. The first kappa shape index (κ1) is 27.3. The van der Waals surface area contributed by atoms with E-state index in [0.29, 0.717) is 28.0 Å². The van der Waals surface area contributed by atoms with Crippen LogP contribution < -0.4 is 15.4 Å². The minimum atomic E-state index is -0.407. The third-order valence-corrected chi connectivity index (χ3v) is 6.45. The maximum absolute atomic E-state index is 9.45. The van der Waals surface area contributed by atoms with Crippen molar-refractivity contribution in [3.63, 3.8) is 0 Å². The molecule has 0 aliphatic carbocycles. The molecule has 3 aromatic heterocycles. The molecule has 0 saturated carbocycles. The van der Waals surface area contributed by atoms with Crippen LogP contribution in [-0.4, -0.2) is 47.7 Å². The van der Waals surface area contributed by atoms with Gasteiger partial charge in [-0.3, -0.25) is 4.99 Å². The second kappa shape index (κ2) is 12.2. The van der Waals surface area contributed by atoms with Gasteiger partial charge in [0.15, 0.2) is 11.5 Å². The molecule has 4 aromatic rings. The molecule has 2 atom stereocenters. The monoisotopic (exact) mass is 536 g/mol. The van der Waals surface area contributed by atoms with Gasteiger partial charge in [-0.25, -0.2) is 19.5 Å². The summed E-state index contributed by atoms with van der Waals surface area (Å²) >= 11 is 6.44. The van der Waals surface area contributed by atoms with E-state index < -0.39 is 5.60 Å². The summed E-state index contributed by atoms with van der Waals surface area (Å²) in [4.78, 5) is 17.0. The minimum absolute atomic E-state index is 0.0453. The van der Waals surface area contributed by atoms with E-state index in [1.165, 1.54) is 19.1 Å². The number of aliphatic imine (C=N–C) groups is 1. The van der Waals surface area contributed by atoms with Crippen LogP contribution in [0, 0.1) is 0 Å². The van der Waals surface area contributed by atoms with Gasteiger partial charge in [0.2, 0.25) is 0 Å². The lowest BCUT2D eigenvalue weighted by molar-refractivity contribution is 0.0447. The number of pyridine rings is 1. The number of fused-ring (bicyclic) bond motifs is 2. The van der Waals surface area contributed by atoms with E-state index >= 15 is 0 Å². The summed E-state index contributed by atoms with van der Waals surface area (Å²) in [6, 6.07) is 9.03. The van der Waals surface area contributed by atoms with Crippen molar-refractivity contribution < 1.29 is 9.84 Å². The largest absolute Gasteiger partial charge is 0.456 e. The lowest BCUT2D eigenvalue weighted by Crippen LogP contribution is -2.21. The summed E-state index contributed by atoms with van der Waals surface area (Å²) in [7, 11) is 0. The molecule has 1 aliphatic rings. The topological polar surface area (TPSA) is 122 Å². The zero-order valence-electron chi connectivity index (χ0n) is 22.0. The van der Waals surface area contributed by atoms with Crippen molar-refractivity contribution in [1.29, 1.82) is 0 Å². The number of halogens is 1. The van der Waals surface area contributed by atoms with Gasteiger partial charge in [-0.2, -0.15) is 5.10 Å². The molecule has 11 heteroatoms. The van der Waals surface area contributed by atoms with E-state index in [1.807, 2.05) is 26.8 Å². The smallest absolute Gasteiger partial charge is 0.158 e. The number of rotatable bonds is 8. The van der Waals surface area contributed by atoms with Crippen LogP contribution in [0.5, 0.6) is 11.5 Å². The van der Waals surface area contributed by atoms with Crippen molar-refractivity contribution in [1.82, 2.24) is 24.6 Å². The van der Waals surface area contributed by atoms with E-state index in [0.717, 1.165) is 36.3 Å². The Bertz CT molecular complexity index is 1410. The summed E-state index contributed by atoms with van der Waals surface area (Å²) in [6.07, 6.45) is 10.6. The van der Waals surface area contributed by atoms with Crippen LogP contribution in [0.1, 0.15) is 59.1 Å². The predicted molar refractivity (Wildman–Crippen MR) is 151 cm³/mol. The number of aromatic nitrogens is 5. The van der Waals surface area contributed by atoms with Crippen LogP contribution in [0.4, 0.5) is 17.2 Å². The highest BCUT2D eigenvalue weighted by molar-refractivity contribution is 6.32. The first-order valence-electron chi connectivity index (χ1n) is 12.7. The number of nitrogens with one attached hydrogen (secondary N) is 2. The first-order valence-corrected chi connectivity index (χ1v) is 13.1. The lowest BCUT2D eigenvalue weighted by Gasteiger charge is -2.20. The standard InChI is InChI=1S/C19H15ClN8O.C8H18O/c1-11-21-8-15-18(26-11)19(24-9-22-15)27-12-2-3-16(14(20)6-12)29-13-4-5-28-17(7-13)23-10-25-28;1-4-6-7-8(3,9)5-2/h2-11,26H,1H3,(H,22,24,27);9H,4-7H2,1-3H3. The highest BCUT2D eigenvalue weighted by atomic mass is 35.5. The van der Waals surface area contributed by atoms with E-state index in [2.05, 4.69) is 42.6 Å². The Morgan fingerprint density at radius 3 is 2.76 bits per heavy atom. The van der Waals surface area contributed by atoms with Gasteiger partial charge >= 0.3 is 0 Å². The summed E-state index contributed by atoms with van der Waals surface area (Å²) in [5.74, 6) is 1.80. The molecule has 4 heterocycles. The normalized spacial score (nSPS) is 15.6. The minimum Gasteiger partial charge on any atom is -0.456 e.